The molecule has 4 nitrogen and oxygen atoms in total. The van der Waals surface area contributed by atoms with Gasteiger partial charge in [-0.25, -0.2) is 0 Å². The topological polar surface area (TPSA) is 61.4 Å². The van der Waals surface area contributed by atoms with Crippen molar-refractivity contribution in [2.24, 2.45) is 0 Å². The Bertz CT molecular complexity index is 103. The summed E-state index contributed by atoms with van der Waals surface area (Å²) in [6.45, 7) is 0. The number of nitrogens with one attached hydrogen (secondary N) is 1. The molecule has 48 valence electrons. The van der Waals surface area contributed by atoms with Gasteiger partial charge in [-0.05, 0) is 12.8 Å². The van der Waals surface area contributed by atoms with Gasteiger partial charge < -0.3 is 4.55 Å². The third-order valence-electron chi connectivity index (χ3n) is 0.807. The van der Waals surface area contributed by atoms with E-state index in [4.69, 9.17) is 0 Å². The number of hydrogen-bond acceptors (Lipinski definition) is 3. The second-order valence-electron chi connectivity index (χ2n) is 1.64. The Hall–Kier alpha value is 0.0300. The molecule has 0 spiro atoms. The molecule has 0 aromatic heterocycles. The highest BCUT2D eigenvalue weighted by Gasteiger charge is 2.22. The minimum Gasteiger partial charge on any atom is -0.758 e. The van der Waals surface area contributed by atoms with Gasteiger partial charge in [0.2, 0.25) is 0 Å². The summed E-state index contributed by atoms with van der Waals surface area (Å²) in [5, 5.41) is 0. The quantitative estimate of drug-likeness (QED) is 0.419. The SMILES string of the molecule is O=S([O-])NOC1CC1. The van der Waals surface area contributed by atoms with E-state index in [0.717, 1.165) is 12.8 Å². The van der Waals surface area contributed by atoms with Crippen LogP contribution in [0, 0.1) is 0 Å². The van der Waals surface area contributed by atoms with Gasteiger partial charge in [0, 0.05) is 11.3 Å². The summed E-state index contributed by atoms with van der Waals surface area (Å²) < 4.78 is 19.4. The Morgan fingerprint density at radius 3 is 2.75 bits per heavy atom. The monoisotopic (exact) mass is 136 g/mol. The summed E-state index contributed by atoms with van der Waals surface area (Å²) >= 11 is -2.27. The molecule has 1 rings (SSSR count). The van der Waals surface area contributed by atoms with E-state index in [1.807, 2.05) is 4.89 Å². The van der Waals surface area contributed by atoms with E-state index in [9.17, 15) is 8.76 Å². The minimum atomic E-state index is -2.27. The van der Waals surface area contributed by atoms with E-state index in [1.165, 1.54) is 0 Å². The zero-order valence-corrected chi connectivity index (χ0v) is 4.94. The van der Waals surface area contributed by atoms with Gasteiger partial charge in [-0.15, -0.1) is 4.89 Å². The zero-order chi connectivity index (χ0) is 5.98. The summed E-state index contributed by atoms with van der Waals surface area (Å²) in [5.74, 6) is 0. The Morgan fingerprint density at radius 1 is 1.75 bits per heavy atom. The average molecular weight is 136 g/mol. The van der Waals surface area contributed by atoms with Gasteiger partial charge in [0.05, 0.1) is 6.10 Å². The second-order valence-corrected chi connectivity index (χ2v) is 2.27. The van der Waals surface area contributed by atoms with Crippen molar-refractivity contribution in [1.82, 2.24) is 4.89 Å². The van der Waals surface area contributed by atoms with E-state index < -0.39 is 11.3 Å². The van der Waals surface area contributed by atoms with Crippen LogP contribution in [-0.4, -0.2) is 14.9 Å². The lowest BCUT2D eigenvalue weighted by molar-refractivity contribution is 0.0770. The van der Waals surface area contributed by atoms with Crippen molar-refractivity contribution in [2.45, 2.75) is 18.9 Å². The standard InChI is InChI=1S/C3H7NO3S/c5-8(6)4-7-3-1-2-3/h3-4H,1-2H2,(H,5,6)/p-1. The molecule has 1 unspecified atom stereocenters. The second kappa shape index (κ2) is 2.54. The van der Waals surface area contributed by atoms with Gasteiger partial charge in [0.25, 0.3) is 0 Å². The van der Waals surface area contributed by atoms with E-state index in [-0.39, 0.29) is 6.10 Å². The Balaban J connectivity index is 1.95. The fraction of sp³-hybridized carbons (Fsp3) is 1.00. The molecule has 1 fully saturated rings. The van der Waals surface area contributed by atoms with Crippen LogP contribution in [0.25, 0.3) is 0 Å². The third-order valence-corrected chi connectivity index (χ3v) is 1.04. The maximum Gasteiger partial charge on any atom is 0.0803 e. The maximum atomic E-state index is 9.70. The average Bonchev–Trinajstić information content (AvgIpc) is 2.41. The molecule has 0 saturated heterocycles. The third kappa shape index (κ3) is 2.37. The molecule has 1 aliphatic carbocycles. The van der Waals surface area contributed by atoms with E-state index in [1.54, 1.807) is 0 Å². The molecule has 1 N–H and O–H groups in total. The van der Waals surface area contributed by atoms with Gasteiger partial charge in [-0.2, -0.15) is 0 Å². The highest BCUT2D eigenvalue weighted by molar-refractivity contribution is 7.76. The molecular weight excluding hydrogens is 130 g/mol. The molecule has 0 aromatic rings. The van der Waals surface area contributed by atoms with Gasteiger partial charge in [0.15, 0.2) is 0 Å². The van der Waals surface area contributed by atoms with E-state index >= 15 is 0 Å². The molecule has 0 aromatic carbocycles. The first-order valence-electron chi connectivity index (χ1n) is 2.29. The van der Waals surface area contributed by atoms with Crippen molar-refractivity contribution in [1.29, 1.82) is 0 Å². The normalized spacial score (nSPS) is 23.1. The molecule has 0 amide bonds. The maximum absolute atomic E-state index is 9.70. The first-order chi connectivity index (χ1) is 3.79. The van der Waals surface area contributed by atoms with Crippen LogP contribution in [0.5, 0.6) is 0 Å². The lowest BCUT2D eigenvalue weighted by Crippen LogP contribution is -2.17. The van der Waals surface area contributed by atoms with Gasteiger partial charge in [-0.3, -0.25) is 9.05 Å². The molecule has 0 aliphatic heterocycles. The predicted octanol–water partition coefficient (Wildman–Crippen LogP) is -0.536. The fourth-order valence-corrected chi connectivity index (χ4v) is 0.508. The highest BCUT2D eigenvalue weighted by atomic mass is 32.2. The lowest BCUT2D eigenvalue weighted by atomic mass is 10.9. The van der Waals surface area contributed by atoms with Crippen LogP contribution in [0.3, 0.4) is 0 Å². The van der Waals surface area contributed by atoms with Crippen LogP contribution in [0.1, 0.15) is 12.8 Å². The van der Waals surface area contributed by atoms with Gasteiger partial charge >= 0.3 is 0 Å². The Kier molecular flexibility index (Phi) is 1.95. The summed E-state index contributed by atoms with van der Waals surface area (Å²) in [4.78, 5) is 6.38. The van der Waals surface area contributed by atoms with Crippen LogP contribution < -0.4 is 4.89 Å². The van der Waals surface area contributed by atoms with Crippen molar-refractivity contribution >= 4 is 11.3 Å². The molecule has 1 saturated carbocycles. The number of rotatable bonds is 3. The molecule has 1 aliphatic rings. The zero-order valence-electron chi connectivity index (χ0n) is 4.12. The molecule has 1 atom stereocenters. The first-order valence-corrected chi connectivity index (χ1v) is 3.37. The van der Waals surface area contributed by atoms with Gasteiger partial charge in [0.1, 0.15) is 0 Å². The van der Waals surface area contributed by atoms with Crippen molar-refractivity contribution in [2.75, 3.05) is 0 Å². The molecular formula is C3H6NO3S-. The lowest BCUT2D eigenvalue weighted by Gasteiger charge is -2.04. The molecule has 8 heavy (non-hydrogen) atoms. The van der Waals surface area contributed by atoms with Crippen LogP contribution >= 0.6 is 0 Å². The highest BCUT2D eigenvalue weighted by Crippen LogP contribution is 2.21. The predicted molar refractivity (Wildman–Crippen MR) is 26.2 cm³/mol. The first kappa shape index (κ1) is 6.15. The molecule has 0 bridgehead atoms. The Labute approximate surface area is 49.6 Å². The molecule has 0 heterocycles. The minimum absolute atomic E-state index is 0.132. The fourth-order valence-electron chi connectivity index (χ4n) is 0.293. The Morgan fingerprint density at radius 2 is 2.38 bits per heavy atom. The van der Waals surface area contributed by atoms with Crippen LogP contribution in [-0.2, 0) is 16.1 Å². The summed E-state index contributed by atoms with van der Waals surface area (Å²) in [6.07, 6.45) is 2.06. The summed E-state index contributed by atoms with van der Waals surface area (Å²) in [7, 11) is 0. The van der Waals surface area contributed by atoms with Crippen LogP contribution in [0.2, 0.25) is 0 Å². The van der Waals surface area contributed by atoms with Crippen LogP contribution in [0.4, 0.5) is 0 Å². The van der Waals surface area contributed by atoms with Gasteiger partial charge in [-0.1, -0.05) is 0 Å². The van der Waals surface area contributed by atoms with Crippen LogP contribution in [0.15, 0.2) is 0 Å². The summed E-state index contributed by atoms with van der Waals surface area (Å²) in [6, 6.07) is 0. The number of hydrogen-bond donors (Lipinski definition) is 1. The molecule has 0 radical (unpaired) electrons. The van der Waals surface area contributed by atoms with E-state index in [0.29, 0.717) is 0 Å². The van der Waals surface area contributed by atoms with Crippen molar-refractivity contribution in [3.05, 3.63) is 0 Å². The van der Waals surface area contributed by atoms with Crippen molar-refractivity contribution in [3.8, 4) is 0 Å². The van der Waals surface area contributed by atoms with Crippen molar-refractivity contribution < 1.29 is 13.6 Å². The van der Waals surface area contributed by atoms with E-state index in [2.05, 4.69) is 4.84 Å². The summed E-state index contributed by atoms with van der Waals surface area (Å²) in [5.41, 5.74) is 0. The largest absolute Gasteiger partial charge is 0.758 e. The van der Waals surface area contributed by atoms with Crippen molar-refractivity contribution in [3.63, 3.8) is 0 Å². The smallest absolute Gasteiger partial charge is 0.0803 e. The molecule has 5 heteroatoms.